The number of halogens is 1. The first-order chi connectivity index (χ1) is 14.4. The molecule has 1 atom stereocenters. The summed E-state index contributed by atoms with van der Waals surface area (Å²) in [6.07, 6.45) is 2.33. The Morgan fingerprint density at radius 2 is 2.07 bits per heavy atom. The third-order valence-corrected chi connectivity index (χ3v) is 6.57. The number of hydrogen-bond acceptors (Lipinski definition) is 4. The van der Waals surface area contributed by atoms with Crippen molar-refractivity contribution in [3.8, 4) is 11.1 Å². The number of nitrogens with zero attached hydrogens (tertiary/aromatic N) is 3. The number of carbonyl (C=O) groups excluding carboxylic acids is 1. The standard InChI is InChI=1S/C23H24FN5O/c1-14-18(24)10-19-16(20(14)17-12-27-28(2)21(17)22(25)30)11-23(13-26-8-9-29(19)23)15-6-4-3-5-7-15/h3-7,10,12,26H,8-9,11,13H2,1-2H3,(H2,25,30). The maximum Gasteiger partial charge on any atom is 0.267 e. The third kappa shape index (κ3) is 2.51. The first-order valence-electron chi connectivity index (χ1n) is 10.1. The molecule has 1 unspecified atom stereocenters. The normalized spacial score (nSPS) is 20.2. The van der Waals surface area contributed by atoms with Crippen molar-refractivity contribution in [3.63, 3.8) is 0 Å². The monoisotopic (exact) mass is 405 g/mol. The Hall–Kier alpha value is -3.19. The molecule has 0 bridgehead atoms. The second-order valence-corrected chi connectivity index (χ2v) is 8.15. The lowest BCUT2D eigenvalue weighted by Gasteiger charge is -2.45. The number of carbonyl (C=O) groups is 1. The molecule has 1 aromatic heterocycles. The van der Waals surface area contributed by atoms with Crippen LogP contribution in [0.25, 0.3) is 11.1 Å². The van der Waals surface area contributed by atoms with E-state index in [-0.39, 0.29) is 11.4 Å². The highest BCUT2D eigenvalue weighted by atomic mass is 19.1. The predicted octanol–water partition coefficient (Wildman–Crippen LogP) is 2.49. The fourth-order valence-corrected chi connectivity index (χ4v) is 5.19. The van der Waals surface area contributed by atoms with Gasteiger partial charge in [0.15, 0.2) is 0 Å². The Balaban J connectivity index is 1.78. The molecule has 1 fully saturated rings. The van der Waals surface area contributed by atoms with Crippen molar-refractivity contribution in [2.24, 2.45) is 12.8 Å². The lowest BCUT2D eigenvalue weighted by Crippen LogP contribution is -2.57. The lowest BCUT2D eigenvalue weighted by atomic mass is 9.82. The number of nitrogens with one attached hydrogen (secondary N) is 1. The zero-order valence-corrected chi connectivity index (χ0v) is 17.1. The zero-order valence-electron chi connectivity index (χ0n) is 17.1. The second kappa shape index (κ2) is 6.67. The largest absolute Gasteiger partial charge is 0.364 e. The van der Waals surface area contributed by atoms with Crippen molar-refractivity contribution < 1.29 is 9.18 Å². The molecular weight excluding hydrogens is 381 g/mol. The van der Waals surface area contributed by atoms with Crippen molar-refractivity contribution in [2.45, 2.75) is 18.9 Å². The lowest BCUT2D eigenvalue weighted by molar-refractivity contribution is 0.0992. The van der Waals surface area contributed by atoms with Gasteiger partial charge in [-0.05, 0) is 35.2 Å². The number of fused-ring (bicyclic) bond motifs is 3. The van der Waals surface area contributed by atoms with Crippen molar-refractivity contribution in [3.05, 3.63) is 70.8 Å². The number of rotatable bonds is 3. The SMILES string of the molecule is Cc1c(F)cc2c(c1-c1cnn(C)c1C(N)=O)CC1(c3ccccc3)CNCCN21. The van der Waals surface area contributed by atoms with Gasteiger partial charge in [0.25, 0.3) is 5.91 Å². The summed E-state index contributed by atoms with van der Waals surface area (Å²) in [5.74, 6) is -0.858. The van der Waals surface area contributed by atoms with Gasteiger partial charge >= 0.3 is 0 Å². The molecule has 5 rings (SSSR count). The number of anilines is 1. The van der Waals surface area contributed by atoms with E-state index in [4.69, 9.17) is 5.73 Å². The predicted molar refractivity (Wildman–Crippen MR) is 114 cm³/mol. The van der Waals surface area contributed by atoms with Crippen LogP contribution in [-0.4, -0.2) is 35.3 Å². The van der Waals surface area contributed by atoms with Gasteiger partial charge in [-0.3, -0.25) is 9.48 Å². The van der Waals surface area contributed by atoms with Crippen LogP contribution in [0.5, 0.6) is 0 Å². The number of aryl methyl sites for hydroxylation is 1. The molecule has 3 aromatic rings. The van der Waals surface area contributed by atoms with Gasteiger partial charge in [-0.25, -0.2) is 4.39 Å². The number of aromatic nitrogens is 2. The Labute approximate surface area is 174 Å². The molecule has 0 spiro atoms. The van der Waals surface area contributed by atoms with E-state index >= 15 is 4.39 Å². The molecular formula is C23H24FN5O. The van der Waals surface area contributed by atoms with Gasteiger partial charge in [0, 0.05) is 44.4 Å². The van der Waals surface area contributed by atoms with Crippen molar-refractivity contribution in [1.82, 2.24) is 15.1 Å². The number of amides is 1. The van der Waals surface area contributed by atoms with Gasteiger partial charge in [-0.15, -0.1) is 0 Å². The van der Waals surface area contributed by atoms with Crippen LogP contribution in [-0.2, 0) is 19.0 Å². The molecule has 2 aliphatic rings. The Bertz CT molecular complexity index is 1160. The van der Waals surface area contributed by atoms with Crippen LogP contribution in [0.3, 0.4) is 0 Å². The minimum atomic E-state index is -0.572. The smallest absolute Gasteiger partial charge is 0.267 e. The summed E-state index contributed by atoms with van der Waals surface area (Å²) in [4.78, 5) is 14.5. The Kier molecular flexibility index (Phi) is 4.18. The molecule has 1 saturated heterocycles. The van der Waals surface area contributed by atoms with Crippen LogP contribution in [0.1, 0.15) is 27.2 Å². The number of hydrogen-bond donors (Lipinski definition) is 2. The summed E-state index contributed by atoms with van der Waals surface area (Å²) in [6, 6.07) is 12.0. The van der Waals surface area contributed by atoms with Crippen LogP contribution in [0, 0.1) is 12.7 Å². The van der Waals surface area contributed by atoms with E-state index in [1.165, 1.54) is 10.2 Å². The molecule has 6 nitrogen and oxygen atoms in total. The van der Waals surface area contributed by atoms with E-state index in [9.17, 15) is 4.79 Å². The van der Waals surface area contributed by atoms with E-state index in [0.717, 1.165) is 36.4 Å². The molecule has 154 valence electrons. The van der Waals surface area contributed by atoms with E-state index in [1.54, 1.807) is 26.2 Å². The Morgan fingerprint density at radius 1 is 1.30 bits per heavy atom. The average molecular weight is 405 g/mol. The van der Waals surface area contributed by atoms with E-state index in [0.29, 0.717) is 23.2 Å². The highest BCUT2D eigenvalue weighted by Gasteiger charge is 2.48. The number of benzene rings is 2. The quantitative estimate of drug-likeness (QED) is 0.702. The minimum Gasteiger partial charge on any atom is -0.364 e. The molecule has 7 heteroatoms. The van der Waals surface area contributed by atoms with Crippen LogP contribution in [0.2, 0.25) is 0 Å². The highest BCUT2D eigenvalue weighted by Crippen LogP contribution is 2.50. The van der Waals surface area contributed by atoms with E-state index in [1.807, 2.05) is 18.2 Å². The van der Waals surface area contributed by atoms with Gasteiger partial charge in [0.1, 0.15) is 11.5 Å². The van der Waals surface area contributed by atoms with E-state index in [2.05, 4.69) is 27.4 Å². The number of primary amides is 1. The second-order valence-electron chi connectivity index (χ2n) is 8.15. The van der Waals surface area contributed by atoms with Crippen LogP contribution < -0.4 is 16.0 Å². The van der Waals surface area contributed by atoms with Crippen molar-refractivity contribution in [2.75, 3.05) is 24.5 Å². The van der Waals surface area contributed by atoms with Crippen LogP contribution in [0.4, 0.5) is 10.1 Å². The van der Waals surface area contributed by atoms with E-state index < -0.39 is 5.91 Å². The fourth-order valence-electron chi connectivity index (χ4n) is 5.19. The summed E-state index contributed by atoms with van der Waals surface area (Å²) in [5, 5.41) is 7.77. The molecule has 3 heterocycles. The molecule has 30 heavy (non-hydrogen) atoms. The van der Waals surface area contributed by atoms with Crippen LogP contribution in [0.15, 0.2) is 42.6 Å². The summed E-state index contributed by atoms with van der Waals surface area (Å²) in [6.45, 7) is 4.13. The fraction of sp³-hybridized carbons (Fsp3) is 0.304. The molecule has 3 N–H and O–H groups in total. The van der Waals surface area contributed by atoms with Crippen molar-refractivity contribution in [1.29, 1.82) is 0 Å². The summed E-state index contributed by atoms with van der Waals surface area (Å²) in [5.41, 5.74) is 10.6. The minimum absolute atomic E-state index is 0.287. The maximum absolute atomic E-state index is 15.2. The molecule has 2 aromatic carbocycles. The molecule has 0 saturated carbocycles. The first kappa shape index (κ1) is 18.8. The number of nitrogens with two attached hydrogens (primary N) is 1. The summed E-state index contributed by atoms with van der Waals surface area (Å²) < 4.78 is 16.6. The van der Waals surface area contributed by atoms with Crippen LogP contribution >= 0.6 is 0 Å². The van der Waals surface area contributed by atoms with Gasteiger partial charge in [0.2, 0.25) is 0 Å². The third-order valence-electron chi connectivity index (χ3n) is 6.57. The summed E-state index contributed by atoms with van der Waals surface area (Å²) >= 11 is 0. The first-order valence-corrected chi connectivity index (χ1v) is 10.1. The topological polar surface area (TPSA) is 76.2 Å². The molecule has 0 aliphatic carbocycles. The summed E-state index contributed by atoms with van der Waals surface area (Å²) in [7, 11) is 1.68. The average Bonchev–Trinajstić information content (AvgIpc) is 3.28. The zero-order chi connectivity index (χ0) is 21.0. The molecule has 0 radical (unpaired) electrons. The molecule has 2 aliphatic heterocycles. The maximum atomic E-state index is 15.2. The van der Waals surface area contributed by atoms with Gasteiger partial charge < -0.3 is 16.0 Å². The number of piperazine rings is 1. The van der Waals surface area contributed by atoms with Gasteiger partial charge in [-0.2, -0.15) is 5.10 Å². The van der Waals surface area contributed by atoms with Crippen molar-refractivity contribution >= 4 is 11.6 Å². The highest BCUT2D eigenvalue weighted by molar-refractivity contribution is 5.99. The molecule has 1 amide bonds. The van der Waals surface area contributed by atoms with Gasteiger partial charge in [0.05, 0.1) is 11.7 Å². The van der Waals surface area contributed by atoms with Gasteiger partial charge in [-0.1, -0.05) is 30.3 Å². The Morgan fingerprint density at radius 3 is 2.80 bits per heavy atom.